The molecule has 3 aromatic rings. The number of rotatable bonds is 4. The zero-order valence-corrected chi connectivity index (χ0v) is 20.0. The largest absolute Gasteiger partial charge is 0.416 e. The Kier molecular flexibility index (Phi) is 6.54. The van der Waals surface area contributed by atoms with Crippen molar-refractivity contribution in [2.45, 2.75) is 31.5 Å². The molecule has 0 saturated carbocycles. The first-order valence-electron chi connectivity index (χ1n) is 11.2. The van der Waals surface area contributed by atoms with Gasteiger partial charge in [-0.15, -0.1) is 0 Å². The standard InChI is InChI=1S/C23H22Cl2F3N5O2/c24-16-10-18-19(11-17(16)25)33(20-9-14(1-5-29-20)23(26,27)28)22(31-18)32-6-2-13(3-7-32)21(34)30-15-4-8-35-12-15/h1,5,9-11,13,15H,2-4,6-8,12H2,(H,30,34)/t15-/m1/s1. The van der Waals surface area contributed by atoms with Crippen LogP contribution in [0.3, 0.4) is 0 Å². The molecule has 12 heteroatoms. The molecule has 0 radical (unpaired) electrons. The second-order valence-electron chi connectivity index (χ2n) is 8.73. The molecule has 4 heterocycles. The lowest BCUT2D eigenvalue weighted by Crippen LogP contribution is -2.44. The fraction of sp³-hybridized carbons (Fsp3) is 0.435. The van der Waals surface area contributed by atoms with Crippen molar-refractivity contribution < 1.29 is 22.7 Å². The van der Waals surface area contributed by atoms with Gasteiger partial charge in [-0.2, -0.15) is 13.2 Å². The molecule has 0 unspecified atom stereocenters. The highest BCUT2D eigenvalue weighted by molar-refractivity contribution is 6.42. The number of amides is 1. The zero-order chi connectivity index (χ0) is 24.7. The molecule has 7 nitrogen and oxygen atoms in total. The summed E-state index contributed by atoms with van der Waals surface area (Å²) in [6, 6.07) is 5.10. The SMILES string of the molecule is O=C(N[C@@H]1CCOC1)C1CCN(c2nc3cc(Cl)c(Cl)cc3n2-c2cc(C(F)(F)F)ccn2)CC1. The van der Waals surface area contributed by atoms with E-state index < -0.39 is 11.7 Å². The van der Waals surface area contributed by atoms with Crippen LogP contribution in [0, 0.1) is 5.92 Å². The van der Waals surface area contributed by atoms with Crippen molar-refractivity contribution in [3.8, 4) is 5.82 Å². The number of ether oxygens (including phenoxy) is 1. The number of imidazole rings is 1. The smallest absolute Gasteiger partial charge is 0.379 e. The van der Waals surface area contributed by atoms with Gasteiger partial charge in [-0.05, 0) is 43.5 Å². The highest BCUT2D eigenvalue weighted by atomic mass is 35.5. The highest BCUT2D eigenvalue weighted by Crippen LogP contribution is 2.36. The Hall–Kier alpha value is -2.56. The van der Waals surface area contributed by atoms with Crippen molar-refractivity contribution in [2.24, 2.45) is 5.92 Å². The van der Waals surface area contributed by atoms with Crippen LogP contribution in [0.5, 0.6) is 0 Å². The number of alkyl halides is 3. The minimum Gasteiger partial charge on any atom is -0.379 e. The van der Waals surface area contributed by atoms with Crippen molar-refractivity contribution in [3.05, 3.63) is 46.1 Å². The van der Waals surface area contributed by atoms with E-state index in [1.54, 1.807) is 16.7 Å². The molecule has 186 valence electrons. The molecule has 0 aliphatic carbocycles. The van der Waals surface area contributed by atoms with E-state index in [9.17, 15) is 18.0 Å². The molecule has 2 aliphatic heterocycles. The maximum Gasteiger partial charge on any atom is 0.416 e. The lowest BCUT2D eigenvalue weighted by atomic mass is 9.95. The minimum absolute atomic E-state index is 0.00626. The third-order valence-electron chi connectivity index (χ3n) is 6.41. The average molecular weight is 528 g/mol. The van der Waals surface area contributed by atoms with Gasteiger partial charge in [0.2, 0.25) is 11.9 Å². The number of carbonyl (C=O) groups is 1. The van der Waals surface area contributed by atoms with Gasteiger partial charge in [-0.25, -0.2) is 9.97 Å². The number of benzene rings is 1. The molecule has 1 aromatic carbocycles. The number of anilines is 1. The predicted molar refractivity (Wildman–Crippen MR) is 126 cm³/mol. The molecule has 2 fully saturated rings. The van der Waals surface area contributed by atoms with E-state index in [4.69, 9.17) is 27.9 Å². The number of nitrogens with one attached hydrogen (secondary N) is 1. The summed E-state index contributed by atoms with van der Waals surface area (Å²) in [5.41, 5.74) is 0.152. The van der Waals surface area contributed by atoms with Gasteiger partial charge in [0, 0.05) is 31.8 Å². The molecular formula is C23H22Cl2F3N5O2. The summed E-state index contributed by atoms with van der Waals surface area (Å²) in [6.45, 7) is 2.19. The summed E-state index contributed by atoms with van der Waals surface area (Å²) in [7, 11) is 0. The van der Waals surface area contributed by atoms with Crippen molar-refractivity contribution >= 4 is 46.1 Å². The number of halogens is 5. The van der Waals surface area contributed by atoms with E-state index in [2.05, 4.69) is 15.3 Å². The average Bonchev–Trinajstić information content (AvgIpc) is 3.47. The number of aromatic nitrogens is 3. The molecular weight excluding hydrogens is 506 g/mol. The van der Waals surface area contributed by atoms with Crippen LogP contribution >= 0.6 is 23.2 Å². The predicted octanol–water partition coefficient (Wildman–Crippen LogP) is 4.87. The number of pyridine rings is 1. The number of fused-ring (bicyclic) bond motifs is 1. The van der Waals surface area contributed by atoms with Crippen molar-refractivity contribution in [2.75, 3.05) is 31.2 Å². The van der Waals surface area contributed by atoms with Crippen LogP contribution in [-0.4, -0.2) is 52.8 Å². The molecule has 35 heavy (non-hydrogen) atoms. The fourth-order valence-electron chi connectivity index (χ4n) is 4.52. The molecule has 0 bridgehead atoms. The van der Waals surface area contributed by atoms with E-state index in [-0.39, 0.29) is 28.7 Å². The Balaban J connectivity index is 1.46. The Labute approximate surface area is 209 Å². The summed E-state index contributed by atoms with van der Waals surface area (Å²) in [6.07, 6.45) is -1.43. The van der Waals surface area contributed by atoms with Crippen LogP contribution in [0.15, 0.2) is 30.5 Å². The van der Waals surface area contributed by atoms with Gasteiger partial charge in [-0.3, -0.25) is 9.36 Å². The lowest BCUT2D eigenvalue weighted by Gasteiger charge is -2.32. The Morgan fingerprint density at radius 1 is 1.11 bits per heavy atom. The number of hydrogen-bond donors (Lipinski definition) is 1. The number of hydrogen-bond acceptors (Lipinski definition) is 5. The van der Waals surface area contributed by atoms with Crippen LogP contribution in [0.2, 0.25) is 10.0 Å². The first-order chi connectivity index (χ1) is 16.7. The number of piperidine rings is 1. The van der Waals surface area contributed by atoms with E-state index in [1.807, 2.05) is 4.90 Å². The Morgan fingerprint density at radius 3 is 2.54 bits per heavy atom. The quantitative estimate of drug-likeness (QED) is 0.524. The van der Waals surface area contributed by atoms with Crippen molar-refractivity contribution in [1.82, 2.24) is 19.9 Å². The van der Waals surface area contributed by atoms with Gasteiger partial charge in [0.05, 0.1) is 39.3 Å². The molecule has 2 aliphatic rings. The summed E-state index contributed by atoms with van der Waals surface area (Å²) >= 11 is 12.4. The third kappa shape index (κ3) is 4.92. The minimum atomic E-state index is -4.52. The first-order valence-corrected chi connectivity index (χ1v) is 12.0. The number of carbonyl (C=O) groups excluding carboxylic acids is 1. The molecule has 0 spiro atoms. The van der Waals surface area contributed by atoms with Crippen LogP contribution in [0.4, 0.5) is 19.1 Å². The molecule has 1 N–H and O–H groups in total. The van der Waals surface area contributed by atoms with Crippen molar-refractivity contribution in [3.63, 3.8) is 0 Å². The second-order valence-corrected chi connectivity index (χ2v) is 9.55. The molecule has 2 saturated heterocycles. The van der Waals surface area contributed by atoms with Crippen LogP contribution in [0.25, 0.3) is 16.9 Å². The van der Waals surface area contributed by atoms with Crippen LogP contribution in [-0.2, 0) is 15.7 Å². The second kappa shape index (κ2) is 9.48. The lowest BCUT2D eigenvalue weighted by molar-refractivity contribution is -0.137. The topological polar surface area (TPSA) is 72.3 Å². The maximum absolute atomic E-state index is 13.4. The van der Waals surface area contributed by atoms with Crippen LogP contribution < -0.4 is 10.2 Å². The zero-order valence-electron chi connectivity index (χ0n) is 18.5. The Morgan fingerprint density at radius 2 is 1.86 bits per heavy atom. The molecule has 5 rings (SSSR count). The van der Waals surface area contributed by atoms with Crippen molar-refractivity contribution in [1.29, 1.82) is 0 Å². The third-order valence-corrected chi connectivity index (χ3v) is 7.13. The summed E-state index contributed by atoms with van der Waals surface area (Å²) in [5.74, 6) is 0.344. The van der Waals surface area contributed by atoms with E-state index in [0.29, 0.717) is 61.1 Å². The first kappa shape index (κ1) is 24.1. The normalized spacial score (nSPS) is 19.5. The molecule has 2 aromatic heterocycles. The van der Waals surface area contributed by atoms with Gasteiger partial charge in [0.25, 0.3) is 0 Å². The fourth-order valence-corrected chi connectivity index (χ4v) is 4.84. The van der Waals surface area contributed by atoms with E-state index in [1.165, 1.54) is 0 Å². The van der Waals surface area contributed by atoms with E-state index in [0.717, 1.165) is 24.8 Å². The molecule has 1 amide bonds. The summed E-state index contributed by atoms with van der Waals surface area (Å²) in [5, 5.41) is 3.59. The number of nitrogens with zero attached hydrogens (tertiary/aromatic N) is 4. The highest BCUT2D eigenvalue weighted by Gasteiger charge is 2.33. The van der Waals surface area contributed by atoms with Gasteiger partial charge in [0.15, 0.2) is 0 Å². The van der Waals surface area contributed by atoms with Gasteiger partial charge in [0.1, 0.15) is 5.82 Å². The monoisotopic (exact) mass is 527 g/mol. The summed E-state index contributed by atoms with van der Waals surface area (Å²) in [4.78, 5) is 23.5. The van der Waals surface area contributed by atoms with Gasteiger partial charge in [-0.1, -0.05) is 23.2 Å². The van der Waals surface area contributed by atoms with Gasteiger partial charge >= 0.3 is 6.18 Å². The summed E-state index contributed by atoms with van der Waals surface area (Å²) < 4.78 is 47.1. The molecule has 1 atom stereocenters. The van der Waals surface area contributed by atoms with Crippen LogP contribution in [0.1, 0.15) is 24.8 Å². The van der Waals surface area contributed by atoms with Gasteiger partial charge < -0.3 is 15.0 Å². The Bertz CT molecular complexity index is 1250. The van der Waals surface area contributed by atoms with E-state index >= 15 is 0 Å². The maximum atomic E-state index is 13.4.